The van der Waals surface area contributed by atoms with Crippen LogP contribution in [0.5, 0.6) is 0 Å². The van der Waals surface area contributed by atoms with Crippen molar-refractivity contribution in [1.82, 2.24) is 5.32 Å². The Bertz CT molecular complexity index is 14.4. The highest BCUT2D eigenvalue weighted by atomic mass is 31.0. The smallest absolute Gasteiger partial charge is 0.00979 e. The van der Waals surface area contributed by atoms with Gasteiger partial charge in [0, 0.05) is 6.29 Å². The number of hydrogen-bond acceptors (Lipinski definition) is 1. The second-order valence-corrected chi connectivity index (χ2v) is 1.22. The van der Waals surface area contributed by atoms with Crippen molar-refractivity contribution in [3.8, 4) is 0 Å². The lowest BCUT2D eigenvalue weighted by molar-refractivity contribution is 0.840. The highest BCUT2D eigenvalue weighted by Gasteiger charge is 1.62. The van der Waals surface area contributed by atoms with Crippen LogP contribution in [0.3, 0.4) is 0 Å². The molecule has 0 aliphatic rings. The Morgan fingerprint density at radius 2 is 2.40 bits per heavy atom. The molecule has 0 aromatic heterocycles. The monoisotopic (exact) mass is 91.1 g/mol. The molecular formula is C3H10NP. The molecule has 0 bridgehead atoms. The zero-order chi connectivity index (χ0) is 4.12. The molecule has 0 aromatic carbocycles. The lowest BCUT2D eigenvalue weighted by Crippen LogP contribution is -2.07. The molecule has 0 aliphatic heterocycles. The second-order valence-electron chi connectivity index (χ2n) is 0.808. The maximum atomic E-state index is 3.07. The Morgan fingerprint density at radius 1 is 1.80 bits per heavy atom. The van der Waals surface area contributed by atoms with E-state index in [1.54, 1.807) is 0 Å². The van der Waals surface area contributed by atoms with Gasteiger partial charge in [-0.15, -0.1) is 9.24 Å². The highest BCUT2D eigenvalue weighted by Crippen LogP contribution is 1.67. The molecule has 5 heavy (non-hydrogen) atoms. The predicted molar refractivity (Wildman–Crippen MR) is 28.3 cm³/mol. The normalized spacial score (nSPS) is 8.40. The van der Waals surface area contributed by atoms with Gasteiger partial charge in [0.2, 0.25) is 0 Å². The maximum absolute atomic E-state index is 3.07. The quantitative estimate of drug-likeness (QED) is 0.486. The van der Waals surface area contributed by atoms with Crippen molar-refractivity contribution < 1.29 is 0 Å². The molecule has 0 rings (SSSR count). The summed E-state index contributed by atoms with van der Waals surface area (Å²) in [6, 6.07) is 0. The Balaban J connectivity index is 2.19. The number of nitrogens with one attached hydrogen (secondary N) is 1. The van der Waals surface area contributed by atoms with E-state index < -0.39 is 0 Å². The largest absolute Gasteiger partial charge is 0.314 e. The summed E-state index contributed by atoms with van der Waals surface area (Å²) in [6.45, 7) is 3.16. The van der Waals surface area contributed by atoms with Gasteiger partial charge in [-0.05, 0) is 6.54 Å². The first-order valence-corrected chi connectivity index (χ1v) is 2.64. The van der Waals surface area contributed by atoms with Crippen molar-refractivity contribution in [1.29, 1.82) is 0 Å². The molecule has 1 atom stereocenters. The van der Waals surface area contributed by atoms with Crippen molar-refractivity contribution in [2.24, 2.45) is 0 Å². The van der Waals surface area contributed by atoms with Crippen LogP contribution in [-0.2, 0) is 0 Å². The fourth-order valence-corrected chi connectivity index (χ4v) is 0.433. The summed E-state index contributed by atoms with van der Waals surface area (Å²) in [7, 11) is 2.59. The van der Waals surface area contributed by atoms with E-state index in [9.17, 15) is 0 Å². The van der Waals surface area contributed by atoms with Gasteiger partial charge in [0.15, 0.2) is 0 Å². The van der Waals surface area contributed by atoms with E-state index in [2.05, 4.69) is 21.5 Å². The van der Waals surface area contributed by atoms with Crippen LogP contribution < -0.4 is 5.32 Å². The summed E-state index contributed by atoms with van der Waals surface area (Å²) >= 11 is 0. The van der Waals surface area contributed by atoms with E-state index >= 15 is 0 Å². The predicted octanol–water partition coefficient (Wildman–Crippen LogP) is 0.428. The van der Waals surface area contributed by atoms with Crippen LogP contribution in [0.25, 0.3) is 0 Å². The molecule has 1 N–H and O–H groups in total. The van der Waals surface area contributed by atoms with E-state index in [4.69, 9.17) is 0 Å². The fraction of sp³-hybridized carbons (Fsp3) is 1.00. The lowest BCUT2D eigenvalue weighted by atomic mass is 10.8. The van der Waals surface area contributed by atoms with Gasteiger partial charge in [-0.25, -0.2) is 0 Å². The van der Waals surface area contributed by atoms with Crippen LogP contribution in [-0.4, -0.2) is 12.8 Å². The van der Waals surface area contributed by atoms with Crippen LogP contribution in [0.15, 0.2) is 0 Å². The third-order valence-electron chi connectivity index (χ3n) is 0.394. The van der Waals surface area contributed by atoms with Crippen LogP contribution in [0.4, 0.5) is 0 Å². The first-order valence-electron chi connectivity index (χ1n) is 1.82. The van der Waals surface area contributed by atoms with Crippen molar-refractivity contribution in [3.63, 3.8) is 0 Å². The van der Waals surface area contributed by atoms with Gasteiger partial charge < -0.3 is 5.32 Å². The highest BCUT2D eigenvalue weighted by molar-refractivity contribution is 7.16. The summed E-state index contributed by atoms with van der Waals surface area (Å²) in [4.78, 5) is 0. The molecule has 0 radical (unpaired) electrons. The van der Waals surface area contributed by atoms with E-state index in [0.29, 0.717) is 0 Å². The van der Waals surface area contributed by atoms with Gasteiger partial charge in [-0.2, -0.15) is 0 Å². The SMILES string of the molecule is CCNCP. The molecule has 0 spiro atoms. The maximum Gasteiger partial charge on any atom is 0.00979 e. The lowest BCUT2D eigenvalue weighted by Gasteiger charge is -1.86. The van der Waals surface area contributed by atoms with Crippen LogP contribution >= 0.6 is 9.24 Å². The van der Waals surface area contributed by atoms with Gasteiger partial charge in [-0.3, -0.25) is 0 Å². The third-order valence-corrected chi connectivity index (χ3v) is 0.683. The Morgan fingerprint density at radius 3 is 2.40 bits per heavy atom. The number of rotatable bonds is 2. The zero-order valence-electron chi connectivity index (χ0n) is 3.49. The second kappa shape index (κ2) is 4.39. The number of hydrogen-bond donors (Lipinski definition) is 1. The minimum absolute atomic E-state index is 1.01. The molecule has 0 heterocycles. The Kier molecular flexibility index (Phi) is 4.73. The van der Waals surface area contributed by atoms with E-state index in [1.165, 1.54) is 0 Å². The van der Waals surface area contributed by atoms with Gasteiger partial charge in [-0.1, -0.05) is 6.92 Å². The average molecular weight is 91.1 g/mol. The minimum Gasteiger partial charge on any atom is -0.314 e. The molecule has 0 amide bonds. The van der Waals surface area contributed by atoms with Crippen LogP contribution in [0, 0.1) is 0 Å². The molecule has 0 saturated heterocycles. The van der Waals surface area contributed by atoms with Gasteiger partial charge in [0.1, 0.15) is 0 Å². The summed E-state index contributed by atoms with van der Waals surface area (Å²) in [5.41, 5.74) is 0. The third kappa shape index (κ3) is 4.39. The van der Waals surface area contributed by atoms with Crippen molar-refractivity contribution in [2.45, 2.75) is 6.92 Å². The molecule has 0 aliphatic carbocycles. The van der Waals surface area contributed by atoms with Crippen LogP contribution in [0.1, 0.15) is 6.92 Å². The Labute approximate surface area is 35.3 Å². The molecule has 1 nitrogen and oxygen atoms in total. The molecule has 0 aromatic rings. The Hall–Kier alpha value is 0.390. The van der Waals surface area contributed by atoms with Gasteiger partial charge in [0.25, 0.3) is 0 Å². The molecule has 0 saturated carbocycles. The van der Waals surface area contributed by atoms with Gasteiger partial charge in [0.05, 0.1) is 0 Å². The molecule has 0 fully saturated rings. The van der Waals surface area contributed by atoms with E-state index in [1.807, 2.05) is 0 Å². The summed E-state index contributed by atoms with van der Waals surface area (Å²) in [6.07, 6.45) is 1.01. The molecule has 1 unspecified atom stereocenters. The van der Waals surface area contributed by atoms with Crippen molar-refractivity contribution in [3.05, 3.63) is 0 Å². The first kappa shape index (κ1) is 5.39. The standard InChI is InChI=1S/C3H10NP/c1-2-4-3-5/h4H,2-3,5H2,1H3. The van der Waals surface area contributed by atoms with Crippen molar-refractivity contribution in [2.75, 3.05) is 12.8 Å². The van der Waals surface area contributed by atoms with Crippen molar-refractivity contribution >= 4 is 9.24 Å². The minimum atomic E-state index is 1.01. The first-order chi connectivity index (χ1) is 2.41. The van der Waals surface area contributed by atoms with Gasteiger partial charge >= 0.3 is 0 Å². The average Bonchev–Trinajstić information content (AvgIpc) is 1.41. The fourth-order valence-electron chi connectivity index (χ4n) is 0.144. The van der Waals surface area contributed by atoms with Crippen LogP contribution in [0.2, 0.25) is 0 Å². The summed E-state index contributed by atoms with van der Waals surface area (Å²) in [5, 5.41) is 3.07. The summed E-state index contributed by atoms with van der Waals surface area (Å²) in [5.74, 6) is 0. The molecule has 32 valence electrons. The molecular weight excluding hydrogens is 81.0 g/mol. The topological polar surface area (TPSA) is 12.0 Å². The van der Waals surface area contributed by atoms with E-state index in [-0.39, 0.29) is 0 Å². The molecule has 2 heteroatoms. The van der Waals surface area contributed by atoms with E-state index in [0.717, 1.165) is 12.8 Å². The zero-order valence-corrected chi connectivity index (χ0v) is 4.65. The summed E-state index contributed by atoms with van der Waals surface area (Å²) < 4.78 is 0.